The van der Waals surface area contributed by atoms with Gasteiger partial charge in [0, 0.05) is 36.7 Å². The number of ether oxygens (including phenoxy) is 3. The van der Waals surface area contributed by atoms with E-state index in [1.807, 2.05) is 0 Å². The van der Waals surface area contributed by atoms with Gasteiger partial charge in [-0.05, 0) is 42.7 Å². The maximum Gasteiger partial charge on any atom is 0.303 e. The van der Waals surface area contributed by atoms with Crippen LogP contribution in [0.25, 0.3) is 0 Å². The first-order valence-corrected chi connectivity index (χ1v) is 17.2. The van der Waals surface area contributed by atoms with Gasteiger partial charge in [-0.2, -0.15) is 0 Å². The fourth-order valence-corrected chi connectivity index (χ4v) is 9.15. The van der Waals surface area contributed by atoms with E-state index in [1.54, 1.807) is 81.4 Å². The zero-order valence-electron chi connectivity index (χ0n) is 29.4. The Labute approximate surface area is 296 Å². The number of rotatable bonds is 8. The van der Waals surface area contributed by atoms with Gasteiger partial charge < -0.3 is 45.1 Å². The van der Waals surface area contributed by atoms with Crippen molar-refractivity contribution in [3.8, 4) is 0 Å². The molecule has 51 heavy (non-hydrogen) atoms. The van der Waals surface area contributed by atoms with Gasteiger partial charge in [-0.3, -0.25) is 14.4 Å². The highest BCUT2D eigenvalue weighted by Crippen LogP contribution is 2.63. The molecule has 0 spiro atoms. The van der Waals surface area contributed by atoms with Gasteiger partial charge >= 0.3 is 5.97 Å². The van der Waals surface area contributed by atoms with Crippen LogP contribution in [0.5, 0.6) is 0 Å². The summed E-state index contributed by atoms with van der Waals surface area (Å²) >= 11 is 0. The van der Waals surface area contributed by atoms with Crippen molar-refractivity contribution in [2.75, 3.05) is 6.61 Å². The number of benzene rings is 2. The number of hydrogen-bond acceptors (Lipinski definition) is 11. The van der Waals surface area contributed by atoms with Crippen molar-refractivity contribution in [2.24, 2.45) is 16.7 Å². The van der Waals surface area contributed by atoms with E-state index in [0.29, 0.717) is 16.7 Å². The number of carbonyl (C=O) groups excluding carboxylic acids is 3. The number of Topliss-reactive ketones (excluding diaryl/α,β-unsaturated/α-hetero) is 1. The lowest BCUT2D eigenvalue weighted by Crippen LogP contribution is -2.81. The Morgan fingerprint density at radius 2 is 1.63 bits per heavy atom. The zero-order chi connectivity index (χ0) is 37.3. The fraction of sp³-hybridized carbons (Fsp3) is 0.513. The molecule has 6 rings (SSSR count). The maximum absolute atomic E-state index is 14.5. The minimum atomic E-state index is -2.16. The van der Waals surface area contributed by atoms with Gasteiger partial charge in [-0.1, -0.05) is 69.0 Å². The van der Waals surface area contributed by atoms with E-state index in [9.17, 15) is 39.9 Å². The predicted molar refractivity (Wildman–Crippen MR) is 183 cm³/mol. The summed E-state index contributed by atoms with van der Waals surface area (Å²) in [7, 11) is 0. The second-order valence-corrected chi connectivity index (χ2v) is 15.2. The third-order valence-corrected chi connectivity index (χ3v) is 12.1. The summed E-state index contributed by atoms with van der Waals surface area (Å²) in [4.78, 5) is 40.2. The summed E-state index contributed by atoms with van der Waals surface area (Å²) in [5.41, 5.74) is -5.68. The van der Waals surface area contributed by atoms with E-state index in [-0.39, 0.29) is 30.8 Å². The monoisotopic (exact) mass is 705 g/mol. The Hall–Kier alpha value is -3.91. The molecule has 2 unspecified atom stereocenters. The lowest BCUT2D eigenvalue weighted by molar-refractivity contribution is -0.346. The molecule has 1 saturated heterocycles. The third kappa shape index (κ3) is 5.55. The van der Waals surface area contributed by atoms with Crippen LogP contribution < -0.4 is 5.32 Å². The fourth-order valence-electron chi connectivity index (χ4n) is 9.15. The predicted octanol–water partition coefficient (Wildman–Crippen LogP) is 2.29. The molecule has 2 saturated carbocycles. The van der Waals surface area contributed by atoms with Crippen LogP contribution in [0.4, 0.5) is 0 Å². The molecule has 1 aliphatic heterocycles. The second-order valence-electron chi connectivity index (χ2n) is 15.2. The standard InChI is InChI=1S/C39H47NO11/c1-20-25(50-21(2)30(43)29(23-13-9-7-10-14-23)40-35(47)24-15-11-8-12-16-24)18-39(48)34(46)32-37(6,33(45)31(44)28(20)36(39,4)5)26(42)17-27-38(32,19-49-27)51-22(3)41/h7-16,25-27,29-32,34,42-44,46,48H,2,17-19H2,1,3-6H3,(H,40,47)/t25-,26-,27?,29-,30-,31+,32?,34-,37+,38-,39+/m0/s1. The van der Waals surface area contributed by atoms with Crippen LogP contribution in [-0.2, 0) is 23.8 Å². The molecule has 1 heterocycles. The molecule has 3 aliphatic carbocycles. The topological polar surface area (TPSA) is 192 Å². The third-order valence-electron chi connectivity index (χ3n) is 12.1. The molecule has 2 aromatic carbocycles. The summed E-state index contributed by atoms with van der Waals surface area (Å²) in [5.74, 6) is -3.54. The number of amides is 1. The second kappa shape index (κ2) is 12.9. The Balaban J connectivity index is 1.39. The Bertz CT molecular complexity index is 1740. The van der Waals surface area contributed by atoms with Crippen molar-refractivity contribution in [3.63, 3.8) is 0 Å². The summed E-state index contributed by atoms with van der Waals surface area (Å²) in [6.07, 6.45) is -9.01. The van der Waals surface area contributed by atoms with Crippen molar-refractivity contribution in [3.05, 3.63) is 95.3 Å². The van der Waals surface area contributed by atoms with E-state index in [4.69, 9.17) is 14.2 Å². The largest absolute Gasteiger partial charge is 0.488 e. The average molecular weight is 706 g/mol. The lowest BCUT2D eigenvalue weighted by Gasteiger charge is -2.67. The maximum atomic E-state index is 14.5. The number of aliphatic hydroxyl groups excluding tert-OH is 4. The minimum Gasteiger partial charge on any atom is -0.488 e. The first kappa shape index (κ1) is 36.9. The normalized spacial score (nSPS) is 36.5. The number of esters is 1. The van der Waals surface area contributed by atoms with Gasteiger partial charge in [0.25, 0.3) is 5.91 Å². The molecule has 274 valence electrons. The number of hydrogen-bond donors (Lipinski definition) is 6. The van der Waals surface area contributed by atoms with Crippen LogP contribution in [0.15, 0.2) is 84.1 Å². The highest BCUT2D eigenvalue weighted by atomic mass is 16.6. The summed E-state index contributed by atoms with van der Waals surface area (Å²) < 4.78 is 17.8. The van der Waals surface area contributed by atoms with E-state index < -0.39 is 88.3 Å². The Kier molecular flexibility index (Phi) is 9.36. The number of ketones is 1. The van der Waals surface area contributed by atoms with Gasteiger partial charge in [0.05, 0.1) is 30.3 Å². The molecule has 12 nitrogen and oxygen atoms in total. The molecule has 4 aliphatic rings. The van der Waals surface area contributed by atoms with Gasteiger partial charge in [0.1, 0.15) is 35.8 Å². The smallest absolute Gasteiger partial charge is 0.303 e. The van der Waals surface area contributed by atoms with Crippen molar-refractivity contribution in [1.29, 1.82) is 0 Å². The molecule has 2 aromatic rings. The van der Waals surface area contributed by atoms with Gasteiger partial charge in [-0.15, -0.1) is 0 Å². The number of carbonyl (C=O) groups is 3. The van der Waals surface area contributed by atoms with Crippen molar-refractivity contribution >= 4 is 17.7 Å². The number of fused-ring (bicyclic) bond motifs is 5. The molecule has 3 fully saturated rings. The average Bonchev–Trinajstić information content (AvgIpc) is 3.09. The van der Waals surface area contributed by atoms with Gasteiger partial charge in [0.15, 0.2) is 11.4 Å². The van der Waals surface area contributed by atoms with Crippen LogP contribution in [0.3, 0.4) is 0 Å². The highest BCUT2D eigenvalue weighted by molar-refractivity contribution is 5.94. The molecule has 0 aromatic heterocycles. The number of nitrogens with one attached hydrogen (secondary N) is 1. The van der Waals surface area contributed by atoms with E-state index in [0.717, 1.165) is 0 Å². The molecule has 2 bridgehead atoms. The van der Waals surface area contributed by atoms with Crippen LogP contribution in [-0.4, -0.2) is 97.6 Å². The van der Waals surface area contributed by atoms with Crippen molar-refractivity contribution in [1.82, 2.24) is 5.32 Å². The Morgan fingerprint density at radius 3 is 2.20 bits per heavy atom. The lowest BCUT2D eigenvalue weighted by atomic mass is 9.44. The molecule has 11 atom stereocenters. The number of aliphatic hydroxyl groups is 5. The minimum absolute atomic E-state index is 0.0879. The van der Waals surface area contributed by atoms with E-state index >= 15 is 0 Å². The Morgan fingerprint density at radius 1 is 1.02 bits per heavy atom. The first-order chi connectivity index (χ1) is 23.9. The molecule has 6 N–H and O–H groups in total. The molecule has 1 amide bonds. The van der Waals surface area contributed by atoms with Crippen LogP contribution in [0.1, 0.15) is 69.4 Å². The molecule has 0 radical (unpaired) electrons. The van der Waals surface area contributed by atoms with Gasteiger partial charge in [0.2, 0.25) is 0 Å². The summed E-state index contributed by atoms with van der Waals surface area (Å²) in [5, 5.41) is 63.2. The zero-order valence-corrected chi connectivity index (χ0v) is 29.4. The summed E-state index contributed by atoms with van der Waals surface area (Å²) in [6.45, 7) is 11.2. The van der Waals surface area contributed by atoms with Crippen LogP contribution in [0, 0.1) is 16.7 Å². The van der Waals surface area contributed by atoms with Crippen LogP contribution in [0.2, 0.25) is 0 Å². The first-order valence-electron chi connectivity index (χ1n) is 17.2. The van der Waals surface area contributed by atoms with Crippen molar-refractivity contribution < 1.29 is 54.1 Å². The molecular formula is C39H47NO11. The van der Waals surface area contributed by atoms with E-state index in [2.05, 4.69) is 11.9 Å². The SMILES string of the molecule is C=C(O[C@H]1C[C@@]2(O)[C@@H](O)C3[C@]4(OC(C)=O)COC4C[C@H](O)[C@@]3(C)C(=O)[C@H](O)C(=C1C)C2(C)C)[C@H](O)[C@@H](NC(=O)c1ccccc1)c1ccccc1. The molecule has 12 heteroatoms. The van der Waals surface area contributed by atoms with Crippen molar-refractivity contribution in [2.45, 2.75) is 101 Å². The quantitative estimate of drug-likeness (QED) is 0.134. The molecular weight excluding hydrogens is 658 g/mol. The summed E-state index contributed by atoms with van der Waals surface area (Å²) in [6, 6.07) is 16.2. The van der Waals surface area contributed by atoms with Gasteiger partial charge in [-0.25, -0.2) is 0 Å². The van der Waals surface area contributed by atoms with E-state index in [1.165, 1.54) is 13.8 Å². The van der Waals surface area contributed by atoms with Crippen LogP contribution >= 0.6 is 0 Å². The highest BCUT2D eigenvalue weighted by Gasteiger charge is 2.76.